The summed E-state index contributed by atoms with van der Waals surface area (Å²) in [6.45, 7) is 1.84. The maximum atomic E-state index is 11.8. The van der Waals surface area contributed by atoms with Gasteiger partial charge in [-0.05, 0) is 53.2 Å². The van der Waals surface area contributed by atoms with Crippen LogP contribution in [0.1, 0.15) is 5.69 Å². The predicted molar refractivity (Wildman–Crippen MR) is 85.8 cm³/mol. The van der Waals surface area contributed by atoms with Crippen molar-refractivity contribution in [2.45, 2.75) is 6.92 Å². The fraction of sp³-hybridized carbons (Fsp3) is 0.0769. The highest BCUT2D eigenvalue weighted by Crippen LogP contribution is 2.22. The minimum absolute atomic E-state index is 0.419. The number of halogens is 3. The van der Waals surface area contributed by atoms with E-state index in [1.165, 1.54) is 0 Å². The molecule has 0 saturated carbocycles. The molecule has 20 heavy (non-hydrogen) atoms. The Bertz CT molecular complexity index is 644. The number of aryl methyl sites for hydroxylation is 1. The molecule has 7 heteroatoms. The lowest BCUT2D eigenvalue weighted by atomic mass is 10.3. The fourth-order valence-corrected chi connectivity index (χ4v) is 2.27. The predicted octanol–water partition coefficient (Wildman–Crippen LogP) is 5.10. The van der Waals surface area contributed by atoms with E-state index in [0.29, 0.717) is 21.6 Å². The Kier molecular flexibility index (Phi) is 4.86. The zero-order valence-corrected chi connectivity index (χ0v) is 13.5. The van der Waals surface area contributed by atoms with Gasteiger partial charge in [0.25, 0.3) is 0 Å². The third-order valence-electron chi connectivity index (χ3n) is 2.38. The number of nitrogens with one attached hydrogen (secondary N) is 2. The standard InChI is InChI=1S/C13H10BrCl2N3O/c1-7-11(14)2-3-12(17-7)19-13(20)18-10-5-8(15)4-9(16)6-10/h2-6H,1H3,(H2,17,18,19,20). The van der Waals surface area contributed by atoms with E-state index >= 15 is 0 Å². The van der Waals surface area contributed by atoms with Crippen molar-refractivity contribution in [1.29, 1.82) is 0 Å². The summed E-state index contributed by atoms with van der Waals surface area (Å²) in [7, 11) is 0. The van der Waals surface area contributed by atoms with Crippen LogP contribution in [0.3, 0.4) is 0 Å². The van der Waals surface area contributed by atoms with E-state index in [-0.39, 0.29) is 0 Å². The van der Waals surface area contributed by atoms with Gasteiger partial charge in [0.1, 0.15) is 5.82 Å². The van der Waals surface area contributed by atoms with E-state index < -0.39 is 6.03 Å². The summed E-state index contributed by atoms with van der Waals surface area (Å²) in [6.07, 6.45) is 0. The second kappa shape index (κ2) is 6.43. The van der Waals surface area contributed by atoms with Crippen molar-refractivity contribution < 1.29 is 4.79 Å². The number of amides is 2. The minimum atomic E-state index is -0.419. The van der Waals surface area contributed by atoms with E-state index in [4.69, 9.17) is 23.2 Å². The Labute approximate surface area is 134 Å². The number of anilines is 2. The Morgan fingerprint density at radius 1 is 1.15 bits per heavy atom. The van der Waals surface area contributed by atoms with E-state index in [9.17, 15) is 4.79 Å². The molecule has 0 spiro atoms. The summed E-state index contributed by atoms with van der Waals surface area (Å²) in [5, 5.41) is 6.16. The second-order valence-electron chi connectivity index (χ2n) is 4.00. The third-order valence-corrected chi connectivity index (χ3v) is 3.66. The molecule has 2 aromatic rings. The topological polar surface area (TPSA) is 54.0 Å². The maximum absolute atomic E-state index is 11.8. The Balaban J connectivity index is 2.06. The first kappa shape index (κ1) is 15.1. The van der Waals surface area contributed by atoms with Crippen LogP contribution >= 0.6 is 39.1 Å². The molecule has 0 atom stereocenters. The zero-order valence-electron chi connectivity index (χ0n) is 10.4. The van der Waals surface area contributed by atoms with Crippen molar-refractivity contribution in [2.75, 3.05) is 10.6 Å². The highest BCUT2D eigenvalue weighted by Gasteiger charge is 2.06. The number of nitrogens with zero attached hydrogens (tertiary/aromatic N) is 1. The van der Waals surface area contributed by atoms with Gasteiger partial charge in [0.05, 0.1) is 5.69 Å². The molecule has 4 nitrogen and oxygen atoms in total. The van der Waals surface area contributed by atoms with Crippen LogP contribution in [0.5, 0.6) is 0 Å². The highest BCUT2D eigenvalue weighted by atomic mass is 79.9. The average molecular weight is 375 g/mol. The smallest absolute Gasteiger partial charge is 0.308 e. The number of benzene rings is 1. The molecule has 0 aliphatic rings. The zero-order chi connectivity index (χ0) is 14.7. The van der Waals surface area contributed by atoms with Gasteiger partial charge in [0.2, 0.25) is 0 Å². The summed E-state index contributed by atoms with van der Waals surface area (Å²) in [5.74, 6) is 0.455. The van der Waals surface area contributed by atoms with Crippen molar-refractivity contribution >= 4 is 56.7 Å². The van der Waals surface area contributed by atoms with E-state index in [2.05, 4.69) is 31.5 Å². The van der Waals surface area contributed by atoms with Gasteiger partial charge in [-0.15, -0.1) is 0 Å². The highest BCUT2D eigenvalue weighted by molar-refractivity contribution is 9.10. The molecule has 2 rings (SSSR count). The molecule has 0 aliphatic carbocycles. The van der Waals surface area contributed by atoms with Crippen molar-refractivity contribution in [1.82, 2.24) is 4.98 Å². The first-order valence-electron chi connectivity index (χ1n) is 5.61. The molecular weight excluding hydrogens is 365 g/mol. The van der Waals surface area contributed by atoms with Crippen LogP contribution < -0.4 is 10.6 Å². The molecule has 0 radical (unpaired) electrons. The SMILES string of the molecule is Cc1nc(NC(=O)Nc2cc(Cl)cc(Cl)c2)ccc1Br. The van der Waals surface area contributed by atoms with Gasteiger partial charge in [-0.2, -0.15) is 0 Å². The Hall–Kier alpha value is -1.30. The molecule has 0 aliphatic heterocycles. The van der Waals surface area contributed by atoms with Crippen LogP contribution in [0.25, 0.3) is 0 Å². The average Bonchev–Trinajstić information content (AvgIpc) is 2.32. The van der Waals surface area contributed by atoms with Crippen molar-refractivity contribution in [3.05, 3.63) is 50.5 Å². The molecule has 0 fully saturated rings. The van der Waals surface area contributed by atoms with Crippen molar-refractivity contribution in [3.63, 3.8) is 0 Å². The van der Waals surface area contributed by atoms with Crippen LogP contribution in [0.4, 0.5) is 16.3 Å². The number of aromatic nitrogens is 1. The molecule has 2 amide bonds. The molecule has 0 bridgehead atoms. The van der Waals surface area contributed by atoms with Crippen LogP contribution in [0.15, 0.2) is 34.8 Å². The number of urea groups is 1. The van der Waals surface area contributed by atoms with E-state index in [1.54, 1.807) is 24.3 Å². The number of pyridine rings is 1. The summed E-state index contributed by atoms with van der Waals surface area (Å²) in [6, 6.07) is 7.89. The lowest BCUT2D eigenvalue weighted by Gasteiger charge is -2.08. The summed E-state index contributed by atoms with van der Waals surface area (Å²) in [4.78, 5) is 16.1. The second-order valence-corrected chi connectivity index (χ2v) is 5.73. The van der Waals surface area contributed by atoms with Gasteiger partial charge >= 0.3 is 6.03 Å². The molecule has 2 N–H and O–H groups in total. The van der Waals surface area contributed by atoms with Gasteiger partial charge in [0.15, 0.2) is 0 Å². The fourth-order valence-electron chi connectivity index (χ4n) is 1.52. The van der Waals surface area contributed by atoms with Crippen LogP contribution in [0, 0.1) is 6.92 Å². The van der Waals surface area contributed by atoms with Crippen molar-refractivity contribution in [2.24, 2.45) is 0 Å². The van der Waals surface area contributed by atoms with Gasteiger partial charge < -0.3 is 5.32 Å². The minimum Gasteiger partial charge on any atom is -0.308 e. The first-order chi connectivity index (χ1) is 9.44. The summed E-state index contributed by atoms with van der Waals surface area (Å²) < 4.78 is 0.880. The molecule has 0 unspecified atom stereocenters. The number of carbonyl (C=O) groups is 1. The Morgan fingerprint density at radius 2 is 1.80 bits per heavy atom. The summed E-state index contributed by atoms with van der Waals surface area (Å²) in [5.41, 5.74) is 1.29. The molecular formula is C13H10BrCl2N3O. The molecule has 104 valence electrons. The van der Waals surface area contributed by atoms with Gasteiger partial charge in [-0.25, -0.2) is 9.78 Å². The summed E-state index contributed by atoms with van der Waals surface area (Å²) >= 11 is 15.1. The third kappa shape index (κ3) is 4.10. The first-order valence-corrected chi connectivity index (χ1v) is 7.16. The lowest BCUT2D eigenvalue weighted by molar-refractivity contribution is 0.262. The number of hydrogen-bond donors (Lipinski definition) is 2. The Morgan fingerprint density at radius 3 is 2.40 bits per heavy atom. The molecule has 1 heterocycles. The van der Waals surface area contributed by atoms with Gasteiger partial charge in [-0.3, -0.25) is 5.32 Å². The molecule has 1 aromatic heterocycles. The lowest BCUT2D eigenvalue weighted by Crippen LogP contribution is -2.20. The largest absolute Gasteiger partial charge is 0.324 e. The normalized spacial score (nSPS) is 10.2. The van der Waals surface area contributed by atoms with Crippen LogP contribution in [-0.2, 0) is 0 Å². The van der Waals surface area contributed by atoms with Crippen LogP contribution in [-0.4, -0.2) is 11.0 Å². The van der Waals surface area contributed by atoms with E-state index in [1.807, 2.05) is 13.0 Å². The molecule has 1 aromatic carbocycles. The van der Waals surface area contributed by atoms with Gasteiger partial charge in [-0.1, -0.05) is 23.2 Å². The van der Waals surface area contributed by atoms with Gasteiger partial charge in [0, 0.05) is 20.2 Å². The quantitative estimate of drug-likeness (QED) is 0.767. The monoisotopic (exact) mass is 373 g/mol. The molecule has 0 saturated heterocycles. The van der Waals surface area contributed by atoms with Crippen molar-refractivity contribution in [3.8, 4) is 0 Å². The number of rotatable bonds is 2. The number of carbonyl (C=O) groups excluding carboxylic acids is 1. The number of hydrogen-bond acceptors (Lipinski definition) is 2. The van der Waals surface area contributed by atoms with Crippen LogP contribution in [0.2, 0.25) is 10.0 Å². The maximum Gasteiger partial charge on any atom is 0.324 e. The van der Waals surface area contributed by atoms with E-state index in [0.717, 1.165) is 10.2 Å².